The molecule has 0 unspecified atom stereocenters. The number of rotatable bonds is 9. The fraction of sp³-hybridized carbons (Fsp3) is 0.391. The third-order valence-corrected chi connectivity index (χ3v) is 5.12. The van der Waals surface area contributed by atoms with Crippen LogP contribution in [0.3, 0.4) is 0 Å². The van der Waals surface area contributed by atoms with E-state index in [0.29, 0.717) is 18.1 Å². The zero-order valence-corrected chi connectivity index (χ0v) is 17.6. The number of hydrogen-bond acceptors (Lipinski definition) is 2. The van der Waals surface area contributed by atoms with Gasteiger partial charge in [0.2, 0.25) is 11.8 Å². The molecule has 0 bridgehead atoms. The summed E-state index contributed by atoms with van der Waals surface area (Å²) in [6.45, 7) is 6.85. The van der Waals surface area contributed by atoms with Crippen LogP contribution in [0.1, 0.15) is 43.4 Å². The SMILES string of the molecule is CCCCNC(=O)[C@@H](C)N(Cc1ccc(Cl)cc1)C(=O)Cc1ccccc1C. The average molecular weight is 401 g/mol. The molecule has 0 saturated heterocycles. The van der Waals surface area contributed by atoms with Crippen LogP contribution in [-0.4, -0.2) is 29.3 Å². The summed E-state index contributed by atoms with van der Waals surface area (Å²) in [4.78, 5) is 27.4. The largest absolute Gasteiger partial charge is 0.354 e. The molecule has 0 spiro atoms. The molecule has 0 aromatic heterocycles. The lowest BCUT2D eigenvalue weighted by Gasteiger charge is -2.29. The number of benzene rings is 2. The Balaban J connectivity index is 2.18. The highest BCUT2D eigenvalue weighted by Gasteiger charge is 2.26. The van der Waals surface area contributed by atoms with E-state index in [-0.39, 0.29) is 18.2 Å². The number of carbonyl (C=O) groups is 2. The summed E-state index contributed by atoms with van der Waals surface area (Å²) in [5.74, 6) is -0.192. The van der Waals surface area contributed by atoms with E-state index in [1.807, 2.05) is 43.3 Å². The number of amides is 2. The zero-order chi connectivity index (χ0) is 20.5. The number of halogens is 1. The van der Waals surface area contributed by atoms with Crippen molar-refractivity contribution in [2.45, 2.75) is 52.6 Å². The molecule has 2 rings (SSSR count). The summed E-state index contributed by atoms with van der Waals surface area (Å²) in [5.41, 5.74) is 2.99. The second-order valence-corrected chi connectivity index (χ2v) is 7.51. The van der Waals surface area contributed by atoms with Gasteiger partial charge >= 0.3 is 0 Å². The van der Waals surface area contributed by atoms with Gasteiger partial charge < -0.3 is 10.2 Å². The van der Waals surface area contributed by atoms with E-state index in [9.17, 15) is 9.59 Å². The number of hydrogen-bond donors (Lipinski definition) is 1. The van der Waals surface area contributed by atoms with Crippen LogP contribution in [0.4, 0.5) is 0 Å². The highest BCUT2D eigenvalue weighted by Crippen LogP contribution is 2.16. The standard InChI is InChI=1S/C23H29ClN2O2/c1-4-5-14-25-23(28)18(3)26(16-19-10-12-21(24)13-11-19)22(27)15-20-9-7-6-8-17(20)2/h6-13,18H,4-5,14-16H2,1-3H3,(H,25,28)/t18-/m1/s1. The van der Waals surface area contributed by atoms with Crippen LogP contribution in [0, 0.1) is 6.92 Å². The van der Waals surface area contributed by atoms with Gasteiger partial charge in [0.05, 0.1) is 6.42 Å². The van der Waals surface area contributed by atoms with Gasteiger partial charge in [0.1, 0.15) is 6.04 Å². The van der Waals surface area contributed by atoms with Gasteiger partial charge in [0.15, 0.2) is 0 Å². The van der Waals surface area contributed by atoms with Gasteiger partial charge in [-0.15, -0.1) is 0 Å². The molecule has 0 radical (unpaired) electrons. The van der Waals surface area contributed by atoms with Crippen molar-refractivity contribution in [2.24, 2.45) is 0 Å². The number of aryl methyl sites for hydroxylation is 1. The molecule has 0 aliphatic carbocycles. The van der Waals surface area contributed by atoms with Crippen molar-refractivity contribution in [3.63, 3.8) is 0 Å². The van der Waals surface area contributed by atoms with Gasteiger partial charge in [-0.3, -0.25) is 9.59 Å². The van der Waals surface area contributed by atoms with Crippen LogP contribution in [0.15, 0.2) is 48.5 Å². The van der Waals surface area contributed by atoms with Crippen molar-refractivity contribution in [3.8, 4) is 0 Å². The minimum absolute atomic E-state index is 0.0672. The average Bonchev–Trinajstić information content (AvgIpc) is 2.68. The molecule has 1 N–H and O–H groups in total. The van der Waals surface area contributed by atoms with Crippen LogP contribution in [0.25, 0.3) is 0 Å². The predicted octanol–water partition coefficient (Wildman–Crippen LogP) is 4.52. The van der Waals surface area contributed by atoms with Crippen molar-refractivity contribution in [1.29, 1.82) is 0 Å². The first kappa shape index (κ1) is 22.0. The lowest BCUT2D eigenvalue weighted by Crippen LogP contribution is -2.48. The molecule has 28 heavy (non-hydrogen) atoms. The van der Waals surface area contributed by atoms with Gasteiger partial charge in [-0.1, -0.05) is 61.3 Å². The van der Waals surface area contributed by atoms with E-state index in [2.05, 4.69) is 12.2 Å². The Hall–Kier alpha value is -2.33. The lowest BCUT2D eigenvalue weighted by atomic mass is 10.0. The maximum atomic E-state index is 13.1. The van der Waals surface area contributed by atoms with Crippen molar-refractivity contribution in [1.82, 2.24) is 10.2 Å². The second kappa shape index (κ2) is 10.9. The quantitative estimate of drug-likeness (QED) is 0.629. The molecule has 0 fully saturated rings. The summed E-state index contributed by atoms with van der Waals surface area (Å²) in [6.07, 6.45) is 2.20. The van der Waals surface area contributed by atoms with Gasteiger partial charge in [0, 0.05) is 18.1 Å². The van der Waals surface area contributed by atoms with Crippen LogP contribution in [-0.2, 0) is 22.6 Å². The molecule has 4 nitrogen and oxygen atoms in total. The summed E-state index contributed by atoms with van der Waals surface area (Å²) in [5, 5.41) is 3.58. The van der Waals surface area contributed by atoms with E-state index in [0.717, 1.165) is 29.5 Å². The first-order valence-corrected chi connectivity index (χ1v) is 10.2. The molecule has 150 valence electrons. The number of nitrogens with zero attached hydrogens (tertiary/aromatic N) is 1. The predicted molar refractivity (Wildman–Crippen MR) is 114 cm³/mol. The van der Waals surface area contributed by atoms with Crippen molar-refractivity contribution < 1.29 is 9.59 Å². The van der Waals surface area contributed by atoms with Crippen LogP contribution in [0.2, 0.25) is 5.02 Å². The monoisotopic (exact) mass is 400 g/mol. The van der Waals surface area contributed by atoms with E-state index >= 15 is 0 Å². The normalized spacial score (nSPS) is 11.7. The number of nitrogens with one attached hydrogen (secondary N) is 1. The highest BCUT2D eigenvalue weighted by molar-refractivity contribution is 6.30. The van der Waals surface area contributed by atoms with Crippen LogP contribution >= 0.6 is 11.6 Å². The maximum absolute atomic E-state index is 13.1. The van der Waals surface area contributed by atoms with E-state index in [1.54, 1.807) is 24.0 Å². The summed E-state index contributed by atoms with van der Waals surface area (Å²) >= 11 is 5.97. The summed E-state index contributed by atoms with van der Waals surface area (Å²) in [7, 11) is 0. The van der Waals surface area contributed by atoms with Gasteiger partial charge in [-0.05, 0) is 49.1 Å². The lowest BCUT2D eigenvalue weighted by molar-refractivity contribution is -0.140. The Bertz CT molecular complexity index is 789. The molecule has 0 aliphatic rings. The zero-order valence-electron chi connectivity index (χ0n) is 16.9. The fourth-order valence-electron chi connectivity index (χ4n) is 2.98. The smallest absolute Gasteiger partial charge is 0.242 e. The first-order valence-electron chi connectivity index (χ1n) is 9.78. The molecule has 0 saturated carbocycles. The third-order valence-electron chi connectivity index (χ3n) is 4.87. The fourth-order valence-corrected chi connectivity index (χ4v) is 3.10. The summed E-state index contributed by atoms with van der Waals surface area (Å²) in [6, 6.07) is 14.7. The molecule has 0 heterocycles. The minimum Gasteiger partial charge on any atom is -0.354 e. The van der Waals surface area contributed by atoms with Gasteiger partial charge in [0.25, 0.3) is 0 Å². The van der Waals surface area contributed by atoms with E-state index in [4.69, 9.17) is 11.6 Å². The highest BCUT2D eigenvalue weighted by atomic mass is 35.5. The Labute approximate surface area is 172 Å². The van der Waals surface area contributed by atoms with Crippen molar-refractivity contribution in [3.05, 3.63) is 70.2 Å². The van der Waals surface area contributed by atoms with E-state index < -0.39 is 6.04 Å². The van der Waals surface area contributed by atoms with Crippen molar-refractivity contribution >= 4 is 23.4 Å². The molecule has 0 aliphatic heterocycles. The minimum atomic E-state index is -0.552. The van der Waals surface area contributed by atoms with Crippen molar-refractivity contribution in [2.75, 3.05) is 6.54 Å². The Morgan fingerprint density at radius 1 is 1.11 bits per heavy atom. The number of carbonyl (C=O) groups excluding carboxylic acids is 2. The topological polar surface area (TPSA) is 49.4 Å². The maximum Gasteiger partial charge on any atom is 0.242 e. The Kier molecular flexibility index (Phi) is 8.52. The molecular weight excluding hydrogens is 372 g/mol. The first-order chi connectivity index (χ1) is 13.4. The molecule has 1 atom stereocenters. The molecule has 2 amide bonds. The Morgan fingerprint density at radius 3 is 2.43 bits per heavy atom. The second-order valence-electron chi connectivity index (χ2n) is 7.07. The van der Waals surface area contributed by atoms with Crippen LogP contribution in [0.5, 0.6) is 0 Å². The molecular formula is C23H29ClN2O2. The van der Waals surface area contributed by atoms with Gasteiger partial charge in [-0.2, -0.15) is 0 Å². The third kappa shape index (κ3) is 6.38. The Morgan fingerprint density at radius 2 is 1.79 bits per heavy atom. The molecule has 5 heteroatoms. The van der Waals surface area contributed by atoms with E-state index in [1.165, 1.54) is 0 Å². The number of unbranched alkanes of at least 4 members (excludes halogenated alkanes) is 1. The van der Waals surface area contributed by atoms with Crippen LogP contribution < -0.4 is 5.32 Å². The molecule has 2 aromatic rings. The summed E-state index contributed by atoms with van der Waals surface area (Å²) < 4.78 is 0. The molecule has 2 aromatic carbocycles. The van der Waals surface area contributed by atoms with Gasteiger partial charge in [-0.25, -0.2) is 0 Å².